The van der Waals surface area contributed by atoms with E-state index in [-0.39, 0.29) is 17.5 Å². The first-order valence-electron chi connectivity index (χ1n) is 5.66. The van der Waals surface area contributed by atoms with Crippen molar-refractivity contribution >= 4 is 31.5 Å². The van der Waals surface area contributed by atoms with Gasteiger partial charge in [0.25, 0.3) is 0 Å². The minimum atomic E-state index is -2.92. The van der Waals surface area contributed by atoms with Gasteiger partial charge in [-0.15, -0.1) is 0 Å². The van der Waals surface area contributed by atoms with Crippen LogP contribution < -0.4 is 5.32 Å². The molecular weight excluding hydrogens is 316 g/mol. The molecule has 18 heavy (non-hydrogen) atoms. The van der Waals surface area contributed by atoms with Crippen LogP contribution in [0.4, 0.5) is 5.69 Å². The molecule has 0 saturated carbocycles. The van der Waals surface area contributed by atoms with Gasteiger partial charge in [-0.05, 0) is 31.0 Å². The lowest BCUT2D eigenvalue weighted by Gasteiger charge is -2.24. The average Bonchev–Trinajstić information content (AvgIpc) is 2.26. The molecule has 96 valence electrons. The van der Waals surface area contributed by atoms with E-state index in [1.165, 1.54) is 0 Å². The monoisotopic (exact) mass is 328 g/mol. The van der Waals surface area contributed by atoms with E-state index in [1.54, 1.807) is 12.1 Å². The summed E-state index contributed by atoms with van der Waals surface area (Å²) < 4.78 is 23.9. The van der Waals surface area contributed by atoms with E-state index >= 15 is 0 Å². The van der Waals surface area contributed by atoms with Gasteiger partial charge in [-0.25, -0.2) is 8.42 Å². The van der Waals surface area contributed by atoms with E-state index < -0.39 is 9.84 Å². The number of nitrogens with one attached hydrogen (secondary N) is 1. The number of hydrogen-bond donors (Lipinski definition) is 1. The first-order chi connectivity index (χ1) is 8.48. The quantitative estimate of drug-likeness (QED) is 0.904. The van der Waals surface area contributed by atoms with Crippen molar-refractivity contribution in [3.8, 4) is 6.07 Å². The summed E-state index contributed by atoms with van der Waals surface area (Å²) in [6.07, 6.45) is 1.53. The van der Waals surface area contributed by atoms with Gasteiger partial charge in [0.1, 0.15) is 0 Å². The van der Waals surface area contributed by atoms with Gasteiger partial charge in [-0.3, -0.25) is 0 Å². The Balaban J connectivity index is 2.14. The lowest BCUT2D eigenvalue weighted by Crippen LogP contribution is -2.34. The Hall–Kier alpha value is -1.06. The second kappa shape index (κ2) is 5.29. The molecule has 1 aromatic rings. The summed E-state index contributed by atoms with van der Waals surface area (Å²) in [5.41, 5.74) is 1.33. The van der Waals surface area contributed by atoms with Gasteiger partial charge in [0.2, 0.25) is 0 Å². The summed E-state index contributed by atoms with van der Waals surface area (Å²) in [6, 6.07) is 7.31. The van der Waals surface area contributed by atoms with Crippen LogP contribution in [-0.4, -0.2) is 26.0 Å². The molecule has 0 bridgehead atoms. The smallest absolute Gasteiger partial charge is 0.152 e. The van der Waals surface area contributed by atoms with Crippen molar-refractivity contribution in [1.29, 1.82) is 5.26 Å². The molecule has 0 aromatic heterocycles. The van der Waals surface area contributed by atoms with Crippen LogP contribution in [0.1, 0.15) is 18.4 Å². The molecule has 0 radical (unpaired) electrons. The van der Waals surface area contributed by atoms with Gasteiger partial charge in [0, 0.05) is 16.2 Å². The Morgan fingerprint density at radius 2 is 2.17 bits per heavy atom. The summed E-state index contributed by atoms with van der Waals surface area (Å²) in [4.78, 5) is 0. The Kier molecular flexibility index (Phi) is 3.93. The maximum Gasteiger partial charge on any atom is 0.152 e. The molecule has 1 heterocycles. The second-order valence-electron chi connectivity index (χ2n) is 4.44. The zero-order valence-corrected chi connectivity index (χ0v) is 12.1. The Bertz CT molecular complexity index is 593. The molecule has 6 heteroatoms. The molecule has 0 aliphatic carbocycles. The molecule has 1 unspecified atom stereocenters. The fraction of sp³-hybridized carbons (Fsp3) is 0.417. The summed E-state index contributed by atoms with van der Waals surface area (Å²) >= 11 is 3.33. The normalized spacial score (nSPS) is 22.1. The van der Waals surface area contributed by atoms with Crippen molar-refractivity contribution in [2.75, 3.05) is 16.8 Å². The average molecular weight is 329 g/mol. The minimum Gasteiger partial charge on any atom is -0.381 e. The van der Waals surface area contributed by atoms with Crippen molar-refractivity contribution < 1.29 is 8.42 Å². The van der Waals surface area contributed by atoms with Crippen LogP contribution in [0.5, 0.6) is 0 Å². The van der Waals surface area contributed by atoms with Crippen molar-refractivity contribution in [1.82, 2.24) is 0 Å². The fourth-order valence-corrected chi connectivity index (χ4v) is 4.24. The third-order valence-electron chi connectivity index (χ3n) is 2.86. The molecular formula is C12H13BrN2O2S. The maximum absolute atomic E-state index is 11.5. The Labute approximate surface area is 115 Å². The Morgan fingerprint density at radius 3 is 2.83 bits per heavy atom. The van der Waals surface area contributed by atoms with Crippen LogP contribution in [0.15, 0.2) is 22.7 Å². The fourth-order valence-electron chi connectivity index (χ4n) is 2.11. The van der Waals surface area contributed by atoms with Gasteiger partial charge in [-0.1, -0.05) is 15.9 Å². The molecule has 1 atom stereocenters. The first-order valence-corrected chi connectivity index (χ1v) is 8.27. The highest BCUT2D eigenvalue weighted by molar-refractivity contribution is 9.10. The number of nitrogens with zero attached hydrogens (tertiary/aromatic N) is 1. The number of sulfone groups is 1. The van der Waals surface area contributed by atoms with E-state index in [0.29, 0.717) is 12.0 Å². The van der Waals surface area contributed by atoms with Crippen LogP contribution in [0.2, 0.25) is 0 Å². The first kappa shape index (κ1) is 13.4. The highest BCUT2D eigenvalue weighted by atomic mass is 79.9. The molecule has 1 N–H and O–H groups in total. The van der Waals surface area contributed by atoms with Crippen LogP contribution in [0, 0.1) is 11.3 Å². The number of nitriles is 1. The third kappa shape index (κ3) is 3.47. The van der Waals surface area contributed by atoms with Crippen molar-refractivity contribution in [2.24, 2.45) is 0 Å². The van der Waals surface area contributed by atoms with E-state index in [0.717, 1.165) is 16.6 Å². The summed E-state index contributed by atoms with van der Waals surface area (Å²) in [6.45, 7) is 0. The second-order valence-corrected chi connectivity index (χ2v) is 7.58. The largest absolute Gasteiger partial charge is 0.381 e. The van der Waals surface area contributed by atoms with Crippen LogP contribution in [0.25, 0.3) is 0 Å². The molecule has 0 spiro atoms. The van der Waals surface area contributed by atoms with E-state index in [4.69, 9.17) is 5.26 Å². The zero-order valence-electron chi connectivity index (χ0n) is 9.69. The zero-order chi connectivity index (χ0) is 13.2. The Morgan fingerprint density at radius 1 is 1.39 bits per heavy atom. The van der Waals surface area contributed by atoms with Gasteiger partial charge in [-0.2, -0.15) is 5.26 Å². The highest BCUT2D eigenvalue weighted by Crippen LogP contribution is 2.22. The molecule has 1 aromatic carbocycles. The third-order valence-corrected chi connectivity index (χ3v) is 5.14. The molecule has 1 fully saturated rings. The van der Waals surface area contributed by atoms with E-state index in [1.807, 2.05) is 6.07 Å². The molecule has 2 rings (SSSR count). The van der Waals surface area contributed by atoms with Gasteiger partial charge >= 0.3 is 0 Å². The predicted molar refractivity (Wildman–Crippen MR) is 74.2 cm³/mol. The van der Waals surface area contributed by atoms with Gasteiger partial charge < -0.3 is 5.32 Å². The number of halogens is 1. The van der Waals surface area contributed by atoms with Crippen LogP contribution in [0.3, 0.4) is 0 Å². The number of anilines is 1. The maximum atomic E-state index is 11.5. The lowest BCUT2D eigenvalue weighted by molar-refractivity contribution is 0.562. The predicted octanol–water partition coefficient (Wildman–Crippen LogP) is 2.31. The standard InChI is InChI=1S/C12H13BrN2O2S/c13-10-4-9(7-14)5-12(6-10)15-11-2-1-3-18(16,17)8-11/h4-6,11,15H,1-3,8H2. The number of benzene rings is 1. The van der Waals surface area contributed by atoms with Crippen molar-refractivity contribution in [2.45, 2.75) is 18.9 Å². The topological polar surface area (TPSA) is 70.0 Å². The van der Waals surface area contributed by atoms with Crippen molar-refractivity contribution in [3.05, 3.63) is 28.2 Å². The molecule has 4 nitrogen and oxygen atoms in total. The summed E-state index contributed by atoms with van der Waals surface area (Å²) in [5, 5.41) is 12.1. The lowest BCUT2D eigenvalue weighted by atomic mass is 10.1. The number of rotatable bonds is 2. The SMILES string of the molecule is N#Cc1cc(Br)cc(NC2CCCS(=O)(=O)C2)c1. The van der Waals surface area contributed by atoms with E-state index in [2.05, 4.69) is 27.3 Å². The molecule has 1 saturated heterocycles. The van der Waals surface area contributed by atoms with Crippen LogP contribution in [-0.2, 0) is 9.84 Å². The van der Waals surface area contributed by atoms with E-state index in [9.17, 15) is 8.42 Å². The van der Waals surface area contributed by atoms with Gasteiger partial charge in [0.15, 0.2) is 9.84 Å². The minimum absolute atomic E-state index is 0.0652. The van der Waals surface area contributed by atoms with Crippen molar-refractivity contribution in [3.63, 3.8) is 0 Å². The molecule has 0 amide bonds. The van der Waals surface area contributed by atoms with Gasteiger partial charge in [0.05, 0.1) is 23.1 Å². The summed E-state index contributed by atoms with van der Waals surface area (Å²) in [7, 11) is -2.92. The molecule has 1 aliphatic rings. The molecule has 1 aliphatic heterocycles. The number of hydrogen-bond acceptors (Lipinski definition) is 4. The van der Waals surface area contributed by atoms with Crippen LogP contribution >= 0.6 is 15.9 Å². The highest BCUT2D eigenvalue weighted by Gasteiger charge is 2.24. The summed E-state index contributed by atoms with van der Waals surface area (Å²) in [5.74, 6) is 0.453.